The van der Waals surface area contributed by atoms with Crippen LogP contribution < -0.4 is 4.90 Å². The fourth-order valence-corrected chi connectivity index (χ4v) is 7.34. The number of aliphatic imine (C=N–C) groups is 1. The van der Waals surface area contributed by atoms with Crippen molar-refractivity contribution in [3.63, 3.8) is 0 Å². The zero-order valence-corrected chi connectivity index (χ0v) is 15.6. The second kappa shape index (κ2) is 5.90. The van der Waals surface area contributed by atoms with Gasteiger partial charge in [0.05, 0.1) is 33.3 Å². The molecular weight excluding hydrogens is 391 g/mol. The van der Waals surface area contributed by atoms with Gasteiger partial charge in [-0.15, -0.1) is 0 Å². The van der Waals surface area contributed by atoms with Crippen LogP contribution in [-0.4, -0.2) is 42.3 Å². The van der Waals surface area contributed by atoms with Gasteiger partial charge in [0.1, 0.15) is 0 Å². The van der Waals surface area contributed by atoms with Gasteiger partial charge in [-0.2, -0.15) is 4.99 Å². The first-order chi connectivity index (χ1) is 11.4. The Morgan fingerprint density at radius 3 is 2.71 bits per heavy atom. The third-order valence-corrected chi connectivity index (χ3v) is 8.41. The molecule has 0 bridgehead atoms. The molecule has 1 aliphatic carbocycles. The topological polar surface area (TPSA) is 66.8 Å². The molecule has 24 heavy (non-hydrogen) atoms. The first kappa shape index (κ1) is 16.7. The molecule has 0 spiro atoms. The number of rotatable bonds is 2. The van der Waals surface area contributed by atoms with E-state index >= 15 is 0 Å². The van der Waals surface area contributed by atoms with Crippen LogP contribution in [0.15, 0.2) is 23.2 Å². The predicted molar refractivity (Wildman–Crippen MR) is 97.9 cm³/mol. The number of fused-ring (bicyclic) bond motifs is 1. The number of hydrogen-bond donors (Lipinski definition) is 0. The lowest BCUT2D eigenvalue weighted by atomic mass is 10.2. The minimum Gasteiger partial charge on any atom is -0.314 e. The van der Waals surface area contributed by atoms with E-state index in [0.717, 1.165) is 12.8 Å². The molecule has 0 unspecified atom stereocenters. The molecule has 1 saturated carbocycles. The summed E-state index contributed by atoms with van der Waals surface area (Å²) >= 11 is 13.8. The second-order valence-electron chi connectivity index (χ2n) is 6.25. The summed E-state index contributed by atoms with van der Waals surface area (Å²) in [4.78, 5) is 18.2. The fourth-order valence-electron chi connectivity index (χ4n) is 3.04. The molecule has 128 valence electrons. The Labute approximate surface area is 154 Å². The van der Waals surface area contributed by atoms with Crippen molar-refractivity contribution in [1.29, 1.82) is 0 Å². The summed E-state index contributed by atoms with van der Waals surface area (Å²) in [6.07, 6.45) is 1.75. The Morgan fingerprint density at radius 2 is 2.00 bits per heavy atom. The van der Waals surface area contributed by atoms with Gasteiger partial charge in [0.25, 0.3) is 5.91 Å². The SMILES string of the molecule is O=C(N=C1S[C@@H]2CS(=O)(=O)C[C@@H]2N1c1cccc(Cl)c1Cl)C1CC1. The number of amides is 1. The van der Waals surface area contributed by atoms with Crippen molar-refractivity contribution in [2.24, 2.45) is 10.9 Å². The van der Waals surface area contributed by atoms with E-state index in [2.05, 4.69) is 4.99 Å². The lowest BCUT2D eigenvalue weighted by molar-refractivity contribution is -0.118. The van der Waals surface area contributed by atoms with E-state index in [1.807, 2.05) is 0 Å². The highest BCUT2D eigenvalue weighted by atomic mass is 35.5. The number of hydrogen-bond acceptors (Lipinski definition) is 4. The van der Waals surface area contributed by atoms with Crippen molar-refractivity contribution < 1.29 is 13.2 Å². The van der Waals surface area contributed by atoms with Crippen LogP contribution in [0.3, 0.4) is 0 Å². The highest BCUT2D eigenvalue weighted by Gasteiger charge is 2.50. The molecule has 2 aliphatic heterocycles. The molecule has 9 heteroatoms. The monoisotopic (exact) mass is 404 g/mol. The van der Waals surface area contributed by atoms with E-state index in [1.165, 1.54) is 11.8 Å². The van der Waals surface area contributed by atoms with Crippen LogP contribution in [0.2, 0.25) is 10.0 Å². The first-order valence-corrected chi connectivity index (χ1v) is 11.0. The fraction of sp³-hybridized carbons (Fsp3) is 0.467. The van der Waals surface area contributed by atoms with E-state index < -0.39 is 9.84 Å². The van der Waals surface area contributed by atoms with Crippen molar-refractivity contribution in [2.75, 3.05) is 16.4 Å². The van der Waals surface area contributed by atoms with Crippen LogP contribution in [0.25, 0.3) is 0 Å². The van der Waals surface area contributed by atoms with Crippen molar-refractivity contribution in [1.82, 2.24) is 0 Å². The summed E-state index contributed by atoms with van der Waals surface area (Å²) < 4.78 is 24.0. The maximum Gasteiger partial charge on any atom is 0.251 e. The maximum absolute atomic E-state index is 12.1. The molecular formula is C15H14Cl2N2O3S2. The highest BCUT2D eigenvalue weighted by Crippen LogP contribution is 2.45. The van der Waals surface area contributed by atoms with E-state index in [0.29, 0.717) is 20.9 Å². The van der Waals surface area contributed by atoms with Gasteiger partial charge in [0.2, 0.25) is 0 Å². The highest BCUT2D eigenvalue weighted by molar-refractivity contribution is 8.16. The zero-order chi connectivity index (χ0) is 17.1. The second-order valence-corrected chi connectivity index (χ2v) is 10.4. The normalized spacial score (nSPS) is 29.9. The zero-order valence-electron chi connectivity index (χ0n) is 12.5. The summed E-state index contributed by atoms with van der Waals surface area (Å²) in [5.41, 5.74) is 0.601. The van der Waals surface area contributed by atoms with E-state index in [-0.39, 0.29) is 34.6 Å². The lowest BCUT2D eigenvalue weighted by Gasteiger charge is -2.25. The summed E-state index contributed by atoms with van der Waals surface area (Å²) in [7, 11) is -3.10. The maximum atomic E-state index is 12.1. The van der Waals surface area contributed by atoms with E-state index in [4.69, 9.17) is 23.2 Å². The third-order valence-electron chi connectivity index (χ3n) is 4.39. The molecule has 1 aromatic carbocycles. The van der Waals surface area contributed by atoms with Crippen LogP contribution in [0, 0.1) is 5.92 Å². The molecule has 2 heterocycles. The minimum absolute atomic E-state index is 0.0129. The average molecular weight is 405 g/mol. The van der Waals surface area contributed by atoms with Gasteiger partial charge < -0.3 is 4.90 Å². The lowest BCUT2D eigenvalue weighted by Crippen LogP contribution is -2.38. The molecule has 0 N–H and O–H groups in total. The molecule has 5 nitrogen and oxygen atoms in total. The van der Waals surface area contributed by atoms with Crippen molar-refractivity contribution in [3.8, 4) is 0 Å². The molecule has 4 rings (SSSR count). The number of sulfone groups is 1. The largest absolute Gasteiger partial charge is 0.314 e. The smallest absolute Gasteiger partial charge is 0.251 e. The van der Waals surface area contributed by atoms with Gasteiger partial charge in [-0.25, -0.2) is 8.42 Å². The molecule has 3 aliphatic rings. The Bertz CT molecular complexity index is 852. The average Bonchev–Trinajstić information content (AvgIpc) is 3.24. The van der Waals surface area contributed by atoms with Crippen LogP contribution in [0.1, 0.15) is 12.8 Å². The van der Waals surface area contributed by atoms with Crippen LogP contribution in [0.5, 0.6) is 0 Å². The van der Waals surface area contributed by atoms with Gasteiger partial charge in [-0.1, -0.05) is 41.0 Å². The number of carbonyl (C=O) groups excluding carboxylic acids is 1. The predicted octanol–water partition coefficient (Wildman–Crippen LogP) is 3.00. The molecule has 2 atom stereocenters. The first-order valence-electron chi connectivity index (χ1n) is 7.58. The number of thioether (sulfide) groups is 1. The quantitative estimate of drug-likeness (QED) is 0.757. The molecule has 3 fully saturated rings. The number of halogens is 2. The Kier molecular flexibility index (Phi) is 4.10. The molecule has 1 aromatic rings. The Hall–Kier alpha value is -0.760. The number of amidine groups is 1. The molecule has 0 aromatic heterocycles. The molecule has 2 saturated heterocycles. The van der Waals surface area contributed by atoms with Gasteiger partial charge in [0, 0.05) is 11.2 Å². The summed E-state index contributed by atoms with van der Waals surface area (Å²) in [6.45, 7) is 0. The summed E-state index contributed by atoms with van der Waals surface area (Å²) in [6, 6.07) is 4.93. The summed E-state index contributed by atoms with van der Waals surface area (Å²) in [5.74, 6) is 0.0000795. The van der Waals surface area contributed by atoms with Crippen molar-refractivity contribution >= 4 is 61.6 Å². The number of carbonyl (C=O) groups is 1. The number of benzene rings is 1. The van der Waals surface area contributed by atoms with E-state index in [1.54, 1.807) is 23.1 Å². The minimum atomic E-state index is -3.10. The van der Waals surface area contributed by atoms with Gasteiger partial charge in [-0.05, 0) is 25.0 Å². The van der Waals surface area contributed by atoms with Crippen LogP contribution in [0.4, 0.5) is 5.69 Å². The van der Waals surface area contributed by atoms with Crippen molar-refractivity contribution in [2.45, 2.75) is 24.1 Å². The van der Waals surface area contributed by atoms with Crippen LogP contribution >= 0.6 is 35.0 Å². The van der Waals surface area contributed by atoms with E-state index in [9.17, 15) is 13.2 Å². The van der Waals surface area contributed by atoms with Gasteiger partial charge in [-0.3, -0.25) is 4.79 Å². The van der Waals surface area contributed by atoms with Gasteiger partial charge >= 0.3 is 0 Å². The van der Waals surface area contributed by atoms with Crippen LogP contribution in [-0.2, 0) is 14.6 Å². The standard InChI is InChI=1S/C15H14Cl2N2O3S2/c16-9-2-1-3-10(13(9)17)19-11-6-24(21,22)7-12(11)23-15(19)18-14(20)8-4-5-8/h1-3,8,11-12H,4-7H2/t11-,12+/m0/s1. The van der Waals surface area contributed by atoms with Gasteiger partial charge in [0.15, 0.2) is 15.0 Å². The molecule has 1 amide bonds. The number of nitrogens with zero attached hydrogens (tertiary/aromatic N) is 2. The third kappa shape index (κ3) is 2.96. The van der Waals surface area contributed by atoms with Crippen molar-refractivity contribution in [3.05, 3.63) is 28.2 Å². The number of anilines is 1. The Morgan fingerprint density at radius 1 is 1.25 bits per heavy atom. The Balaban J connectivity index is 1.77. The molecule has 0 radical (unpaired) electrons. The summed E-state index contributed by atoms with van der Waals surface area (Å²) in [5, 5.41) is 1.12.